The van der Waals surface area contributed by atoms with Crippen molar-refractivity contribution in [3.05, 3.63) is 58.1 Å². The first-order valence-corrected chi connectivity index (χ1v) is 10.8. The molecule has 30 heavy (non-hydrogen) atoms. The number of esters is 1. The van der Waals surface area contributed by atoms with Crippen molar-refractivity contribution in [3.8, 4) is 0 Å². The number of nitrogens with one attached hydrogen (secondary N) is 2. The molecule has 1 saturated heterocycles. The molecule has 0 radical (unpaired) electrons. The molecule has 0 aromatic heterocycles. The molecule has 158 valence electrons. The highest BCUT2D eigenvalue weighted by molar-refractivity contribution is 9.10. The molecule has 1 heterocycles. The molecule has 2 aromatic rings. The van der Waals surface area contributed by atoms with Gasteiger partial charge in [-0.25, -0.2) is 4.79 Å². The van der Waals surface area contributed by atoms with Gasteiger partial charge in [-0.15, -0.1) is 0 Å². The summed E-state index contributed by atoms with van der Waals surface area (Å²) in [7, 11) is 0. The minimum Gasteiger partial charge on any atom is -0.463 e. The number of halogens is 1. The first kappa shape index (κ1) is 22.0. The lowest BCUT2D eigenvalue weighted by Crippen LogP contribution is -2.36. The van der Waals surface area contributed by atoms with Crippen molar-refractivity contribution in [2.75, 3.05) is 13.2 Å². The maximum absolute atomic E-state index is 12.9. The summed E-state index contributed by atoms with van der Waals surface area (Å²) in [5.41, 5.74) is 1.64. The summed E-state index contributed by atoms with van der Waals surface area (Å²) in [6.07, 6.45) is 4.04. The van der Waals surface area contributed by atoms with E-state index in [2.05, 4.69) is 32.6 Å². The number of aryl methyl sites for hydroxylation is 1. The van der Waals surface area contributed by atoms with Crippen molar-refractivity contribution in [2.45, 2.75) is 32.7 Å². The summed E-state index contributed by atoms with van der Waals surface area (Å²) in [4.78, 5) is 36.6. The second kappa shape index (κ2) is 9.89. The number of carbonyl (C=O) groups excluding carboxylic acids is 3. The minimum absolute atomic E-state index is 0.0234. The van der Waals surface area contributed by atoms with Crippen molar-refractivity contribution in [1.29, 1.82) is 0 Å². The van der Waals surface area contributed by atoms with Crippen LogP contribution in [0.5, 0.6) is 0 Å². The molecule has 1 aliphatic rings. The summed E-state index contributed by atoms with van der Waals surface area (Å²) in [5.74, 6) is -0.952. The molecule has 0 bridgehead atoms. The number of rotatable bonds is 7. The van der Waals surface area contributed by atoms with Gasteiger partial charge in [0.1, 0.15) is 0 Å². The van der Waals surface area contributed by atoms with Gasteiger partial charge in [-0.3, -0.25) is 9.59 Å². The molecular formula is C23H25BrN2O4. The van der Waals surface area contributed by atoms with Gasteiger partial charge in [0.05, 0.1) is 6.61 Å². The highest BCUT2D eigenvalue weighted by Gasteiger charge is 2.27. The molecule has 7 heteroatoms. The molecule has 2 amide bonds. The summed E-state index contributed by atoms with van der Waals surface area (Å²) >= 11 is 3.53. The second-order valence-electron chi connectivity index (χ2n) is 7.37. The topological polar surface area (TPSA) is 84.5 Å². The number of amides is 2. The molecular weight excluding hydrogens is 448 g/mol. The van der Waals surface area contributed by atoms with E-state index in [9.17, 15) is 14.4 Å². The SMILES string of the molecule is CCOC(=O)/C=C/[C@H](C[C@@H]1CCNC1=O)NC(=O)c1ccc2cc(C)c(Br)cc2c1. The first-order valence-electron chi connectivity index (χ1n) is 10.0. The number of hydrogen-bond acceptors (Lipinski definition) is 4. The van der Waals surface area contributed by atoms with E-state index in [1.165, 1.54) is 6.08 Å². The van der Waals surface area contributed by atoms with Gasteiger partial charge in [-0.2, -0.15) is 0 Å². The van der Waals surface area contributed by atoms with Gasteiger partial charge in [-0.05, 0) is 61.2 Å². The van der Waals surface area contributed by atoms with Crippen LogP contribution in [0, 0.1) is 12.8 Å². The lowest BCUT2D eigenvalue weighted by molar-refractivity contribution is -0.137. The molecule has 6 nitrogen and oxygen atoms in total. The summed E-state index contributed by atoms with van der Waals surface area (Å²) in [5, 5.41) is 7.75. The lowest BCUT2D eigenvalue weighted by atomic mass is 9.97. The van der Waals surface area contributed by atoms with Crippen LogP contribution < -0.4 is 10.6 Å². The van der Waals surface area contributed by atoms with Gasteiger partial charge >= 0.3 is 5.97 Å². The average molecular weight is 473 g/mol. The monoisotopic (exact) mass is 472 g/mol. The highest BCUT2D eigenvalue weighted by Crippen LogP contribution is 2.25. The third-order valence-corrected chi connectivity index (χ3v) is 6.00. The first-order chi connectivity index (χ1) is 14.4. The van der Waals surface area contributed by atoms with Crippen LogP contribution >= 0.6 is 15.9 Å². The third-order valence-electron chi connectivity index (χ3n) is 5.15. The van der Waals surface area contributed by atoms with Crippen LogP contribution in [0.15, 0.2) is 47.0 Å². The Hall–Kier alpha value is -2.67. The van der Waals surface area contributed by atoms with E-state index in [1.54, 1.807) is 19.1 Å². The van der Waals surface area contributed by atoms with E-state index < -0.39 is 12.0 Å². The van der Waals surface area contributed by atoms with E-state index in [-0.39, 0.29) is 24.3 Å². The molecule has 2 N–H and O–H groups in total. The van der Waals surface area contributed by atoms with E-state index in [4.69, 9.17) is 4.74 Å². The Bertz CT molecular complexity index is 1000. The third kappa shape index (κ3) is 5.48. The zero-order chi connectivity index (χ0) is 21.7. The Balaban J connectivity index is 1.78. The summed E-state index contributed by atoms with van der Waals surface area (Å²) in [6, 6.07) is 9.11. The van der Waals surface area contributed by atoms with E-state index in [1.807, 2.05) is 25.1 Å². The van der Waals surface area contributed by atoms with Crippen LogP contribution in [-0.2, 0) is 14.3 Å². The Morgan fingerprint density at radius 3 is 2.80 bits per heavy atom. The van der Waals surface area contributed by atoms with Gasteiger partial charge in [-0.1, -0.05) is 34.1 Å². The fourth-order valence-corrected chi connectivity index (χ4v) is 3.88. The van der Waals surface area contributed by atoms with E-state index in [0.717, 1.165) is 20.8 Å². The van der Waals surface area contributed by atoms with Crippen LogP contribution in [0.2, 0.25) is 0 Å². The number of fused-ring (bicyclic) bond motifs is 1. The standard InChI is InChI=1S/C23H25BrN2O4/c1-3-30-21(27)7-6-19(12-17-8-9-25-22(17)28)26-23(29)16-5-4-15-10-14(2)20(24)13-18(15)11-16/h4-7,10-11,13,17,19H,3,8-9,12H2,1-2H3,(H,25,28)(H,26,29)/b7-6+/t17-,19+/m0/s1. The van der Waals surface area contributed by atoms with Crippen molar-refractivity contribution < 1.29 is 19.1 Å². The second-order valence-corrected chi connectivity index (χ2v) is 8.22. The fraction of sp³-hybridized carbons (Fsp3) is 0.348. The van der Waals surface area contributed by atoms with Gasteiger partial charge in [0.2, 0.25) is 5.91 Å². The zero-order valence-corrected chi connectivity index (χ0v) is 18.6. The predicted octanol–water partition coefficient (Wildman–Crippen LogP) is 3.65. The molecule has 2 atom stereocenters. The summed E-state index contributed by atoms with van der Waals surface area (Å²) < 4.78 is 5.90. The van der Waals surface area contributed by atoms with Crippen LogP contribution in [0.3, 0.4) is 0 Å². The average Bonchev–Trinajstić information content (AvgIpc) is 3.11. The van der Waals surface area contributed by atoms with Crippen LogP contribution in [-0.4, -0.2) is 37.0 Å². The zero-order valence-electron chi connectivity index (χ0n) is 17.0. The van der Waals surface area contributed by atoms with E-state index in [0.29, 0.717) is 24.9 Å². The lowest BCUT2D eigenvalue weighted by Gasteiger charge is -2.18. The van der Waals surface area contributed by atoms with Crippen LogP contribution in [0.25, 0.3) is 10.8 Å². The number of ether oxygens (including phenoxy) is 1. The highest BCUT2D eigenvalue weighted by atomic mass is 79.9. The Labute approximate surface area is 184 Å². The summed E-state index contributed by atoms with van der Waals surface area (Å²) in [6.45, 7) is 4.65. The van der Waals surface area contributed by atoms with Gasteiger partial charge in [0.25, 0.3) is 5.91 Å². The number of hydrogen-bond donors (Lipinski definition) is 2. The van der Waals surface area contributed by atoms with Crippen molar-refractivity contribution in [1.82, 2.24) is 10.6 Å². The van der Waals surface area contributed by atoms with Crippen molar-refractivity contribution in [2.24, 2.45) is 5.92 Å². The molecule has 1 aliphatic heterocycles. The molecule has 0 aliphatic carbocycles. The van der Waals surface area contributed by atoms with Gasteiger partial charge < -0.3 is 15.4 Å². The maximum atomic E-state index is 12.9. The smallest absolute Gasteiger partial charge is 0.330 e. The van der Waals surface area contributed by atoms with Gasteiger partial charge in [0, 0.05) is 34.6 Å². The largest absolute Gasteiger partial charge is 0.463 e. The fourth-order valence-electron chi connectivity index (χ4n) is 3.52. The maximum Gasteiger partial charge on any atom is 0.330 e. The normalized spacial score (nSPS) is 17.2. The minimum atomic E-state index is -0.474. The quantitative estimate of drug-likeness (QED) is 0.475. The van der Waals surface area contributed by atoms with E-state index >= 15 is 0 Å². The molecule has 0 saturated carbocycles. The number of benzene rings is 2. The molecule has 2 aromatic carbocycles. The Morgan fingerprint density at radius 1 is 1.30 bits per heavy atom. The molecule has 0 spiro atoms. The Kier molecular flexibility index (Phi) is 7.26. The van der Waals surface area contributed by atoms with Crippen LogP contribution in [0.1, 0.15) is 35.7 Å². The number of carbonyl (C=O) groups is 3. The predicted molar refractivity (Wildman–Crippen MR) is 119 cm³/mol. The molecule has 1 fully saturated rings. The van der Waals surface area contributed by atoms with Crippen molar-refractivity contribution >= 4 is 44.5 Å². The van der Waals surface area contributed by atoms with Gasteiger partial charge in [0.15, 0.2) is 0 Å². The van der Waals surface area contributed by atoms with Crippen molar-refractivity contribution in [3.63, 3.8) is 0 Å². The van der Waals surface area contributed by atoms with Crippen LogP contribution in [0.4, 0.5) is 0 Å². The molecule has 3 rings (SSSR count). The molecule has 0 unspecified atom stereocenters. The Morgan fingerprint density at radius 2 is 2.10 bits per heavy atom.